The van der Waals surface area contributed by atoms with Gasteiger partial charge in [-0.25, -0.2) is 0 Å². The highest BCUT2D eigenvalue weighted by Gasteiger charge is 2.29. The molecule has 1 atom stereocenters. The van der Waals surface area contributed by atoms with Gasteiger partial charge in [-0.15, -0.1) is 0 Å². The van der Waals surface area contributed by atoms with Gasteiger partial charge in [-0.2, -0.15) is 0 Å². The van der Waals surface area contributed by atoms with Crippen LogP contribution in [0.1, 0.15) is 67.3 Å². The molecule has 0 aliphatic carbocycles. The smallest absolute Gasteiger partial charge is 0.254 e. The van der Waals surface area contributed by atoms with Crippen LogP contribution in [-0.2, 0) is 0 Å². The lowest BCUT2D eigenvalue weighted by Gasteiger charge is -2.28. The zero-order valence-electron chi connectivity index (χ0n) is 15.4. The number of aliphatic hydroxyl groups is 1. The molecule has 2 heterocycles. The first kappa shape index (κ1) is 18.3. The summed E-state index contributed by atoms with van der Waals surface area (Å²) in [5.41, 5.74) is 0.281. The Hall–Kier alpha value is -2.51. The van der Waals surface area contributed by atoms with Crippen LogP contribution in [0, 0.1) is 11.8 Å². The Morgan fingerprint density at radius 2 is 2.08 bits per heavy atom. The number of carbonyl (C=O) groups is 1. The number of likely N-dealkylation sites (tertiary alicyclic amines) is 1. The normalized spacial score (nSPS) is 18.0. The van der Waals surface area contributed by atoms with Crippen LogP contribution < -0.4 is 0 Å². The highest BCUT2D eigenvalue weighted by molar-refractivity contribution is 5.94. The van der Waals surface area contributed by atoms with Gasteiger partial charge in [0.25, 0.3) is 5.91 Å². The third-order valence-corrected chi connectivity index (χ3v) is 4.51. The van der Waals surface area contributed by atoms with Crippen molar-refractivity contribution in [2.24, 2.45) is 0 Å². The van der Waals surface area contributed by atoms with E-state index < -0.39 is 5.60 Å². The fraction of sp³-hybridized carbons (Fsp3) is 0.409. The number of hydrogen-bond donors (Lipinski definition) is 1. The minimum Gasteiger partial charge on any atom is -0.467 e. The highest BCUT2D eigenvalue weighted by atomic mass is 16.3. The van der Waals surface area contributed by atoms with E-state index in [1.165, 1.54) is 0 Å². The molecule has 1 N–H and O–H groups in total. The van der Waals surface area contributed by atoms with Crippen molar-refractivity contribution in [1.29, 1.82) is 0 Å². The number of benzene rings is 1. The second-order valence-electron chi connectivity index (χ2n) is 7.27. The molecule has 2 aromatic rings. The molecule has 4 heteroatoms. The first-order valence-electron chi connectivity index (χ1n) is 9.14. The van der Waals surface area contributed by atoms with E-state index in [-0.39, 0.29) is 11.9 Å². The Bertz CT molecular complexity index is 806. The van der Waals surface area contributed by atoms with Crippen molar-refractivity contribution < 1.29 is 14.3 Å². The number of nitrogens with zero attached hydrogens (tertiary/aromatic N) is 1. The number of carbonyl (C=O) groups excluding carboxylic acids is 1. The molecular weight excluding hydrogens is 326 g/mol. The van der Waals surface area contributed by atoms with Gasteiger partial charge in [0, 0.05) is 17.7 Å². The van der Waals surface area contributed by atoms with Crippen molar-refractivity contribution in [3.63, 3.8) is 0 Å². The minimum atomic E-state index is -1.06. The van der Waals surface area contributed by atoms with E-state index in [9.17, 15) is 9.90 Å². The average molecular weight is 351 g/mol. The second kappa shape index (κ2) is 7.80. The van der Waals surface area contributed by atoms with Gasteiger partial charge in [0.15, 0.2) is 0 Å². The monoisotopic (exact) mass is 351 g/mol. The summed E-state index contributed by atoms with van der Waals surface area (Å²) in [5, 5.41) is 9.77. The summed E-state index contributed by atoms with van der Waals surface area (Å²) in [6.07, 6.45) is 5.79. The number of amides is 1. The van der Waals surface area contributed by atoms with E-state index in [1.54, 1.807) is 26.2 Å². The summed E-state index contributed by atoms with van der Waals surface area (Å²) in [7, 11) is 0. The summed E-state index contributed by atoms with van der Waals surface area (Å²) in [6, 6.07) is 11.1. The lowest BCUT2D eigenvalue weighted by atomic mass is 10.0. The molecule has 1 aliphatic rings. The van der Waals surface area contributed by atoms with E-state index in [0.29, 0.717) is 5.56 Å². The topological polar surface area (TPSA) is 53.7 Å². The maximum atomic E-state index is 13.2. The van der Waals surface area contributed by atoms with Crippen LogP contribution in [0.25, 0.3) is 0 Å². The Labute approximate surface area is 154 Å². The van der Waals surface area contributed by atoms with Gasteiger partial charge in [-0.1, -0.05) is 30.7 Å². The third kappa shape index (κ3) is 4.56. The minimum absolute atomic E-state index is 0.000193. The molecule has 0 radical (unpaired) electrons. The quantitative estimate of drug-likeness (QED) is 0.827. The molecular formula is C22H25NO3. The van der Waals surface area contributed by atoms with Gasteiger partial charge in [0.2, 0.25) is 0 Å². The van der Waals surface area contributed by atoms with Crippen molar-refractivity contribution >= 4 is 5.91 Å². The zero-order chi connectivity index (χ0) is 18.6. The highest BCUT2D eigenvalue weighted by Crippen LogP contribution is 2.31. The Kier molecular flexibility index (Phi) is 5.49. The van der Waals surface area contributed by atoms with Crippen molar-refractivity contribution in [3.05, 3.63) is 59.5 Å². The van der Waals surface area contributed by atoms with E-state index in [0.717, 1.165) is 43.6 Å². The summed E-state index contributed by atoms with van der Waals surface area (Å²) in [6.45, 7) is 4.00. The summed E-state index contributed by atoms with van der Waals surface area (Å²) in [5.74, 6) is 6.58. The molecule has 1 aromatic carbocycles. The molecule has 136 valence electrons. The number of furan rings is 1. The number of rotatable bonds is 2. The lowest BCUT2D eigenvalue weighted by molar-refractivity contribution is 0.0658. The van der Waals surface area contributed by atoms with Crippen molar-refractivity contribution in [1.82, 2.24) is 4.90 Å². The zero-order valence-corrected chi connectivity index (χ0v) is 15.4. The van der Waals surface area contributed by atoms with Crippen molar-refractivity contribution in [2.45, 2.75) is 51.2 Å². The number of hydrogen-bond acceptors (Lipinski definition) is 3. The maximum absolute atomic E-state index is 13.2. The summed E-state index contributed by atoms with van der Waals surface area (Å²) < 4.78 is 5.60. The maximum Gasteiger partial charge on any atom is 0.254 e. The molecule has 3 rings (SSSR count). The van der Waals surface area contributed by atoms with Crippen LogP contribution in [0.15, 0.2) is 47.1 Å². The van der Waals surface area contributed by atoms with Crippen molar-refractivity contribution in [2.75, 3.05) is 6.54 Å². The molecule has 26 heavy (non-hydrogen) atoms. The molecule has 0 saturated carbocycles. The third-order valence-electron chi connectivity index (χ3n) is 4.51. The standard InChI is InChI=1S/C22H25NO3/c1-22(2,25)13-12-17-8-6-9-18(16-17)21(24)23-14-5-3-4-10-19(23)20-11-7-15-26-20/h6-9,11,15-16,19,25H,3-5,10,14H2,1-2H3. The summed E-state index contributed by atoms with van der Waals surface area (Å²) >= 11 is 0. The Morgan fingerprint density at radius 3 is 2.81 bits per heavy atom. The Morgan fingerprint density at radius 1 is 1.23 bits per heavy atom. The molecule has 0 bridgehead atoms. The first-order valence-corrected chi connectivity index (χ1v) is 9.14. The molecule has 1 saturated heterocycles. The van der Waals surface area contributed by atoms with Crippen molar-refractivity contribution in [3.8, 4) is 11.8 Å². The van der Waals surface area contributed by atoms with Gasteiger partial charge in [-0.3, -0.25) is 4.79 Å². The molecule has 4 nitrogen and oxygen atoms in total. The Balaban J connectivity index is 1.87. The predicted molar refractivity (Wildman–Crippen MR) is 101 cm³/mol. The van der Waals surface area contributed by atoms with Gasteiger partial charge < -0.3 is 14.4 Å². The van der Waals surface area contributed by atoms with Gasteiger partial charge in [0.1, 0.15) is 11.4 Å². The van der Waals surface area contributed by atoms with Crippen LogP contribution in [0.5, 0.6) is 0 Å². The molecule has 1 fully saturated rings. The molecule has 1 amide bonds. The summed E-state index contributed by atoms with van der Waals surface area (Å²) in [4.78, 5) is 15.1. The second-order valence-corrected chi connectivity index (χ2v) is 7.27. The predicted octanol–water partition coefficient (Wildman–Crippen LogP) is 4.16. The van der Waals surface area contributed by atoms with E-state index >= 15 is 0 Å². The SMILES string of the molecule is CC(C)(O)C#Cc1cccc(C(=O)N2CCCCCC2c2ccco2)c1. The average Bonchev–Trinajstić information content (AvgIpc) is 3.03. The van der Waals surface area contributed by atoms with Crippen LogP contribution in [0.3, 0.4) is 0 Å². The van der Waals surface area contributed by atoms with Gasteiger partial charge >= 0.3 is 0 Å². The van der Waals surface area contributed by atoms with Crippen LogP contribution in [0.4, 0.5) is 0 Å². The van der Waals surface area contributed by atoms with E-state index in [2.05, 4.69) is 11.8 Å². The lowest BCUT2D eigenvalue weighted by Crippen LogP contribution is -2.34. The fourth-order valence-electron chi connectivity index (χ4n) is 3.25. The van der Waals surface area contributed by atoms with Crippen LogP contribution in [0.2, 0.25) is 0 Å². The van der Waals surface area contributed by atoms with E-state index in [1.807, 2.05) is 35.2 Å². The van der Waals surface area contributed by atoms with E-state index in [4.69, 9.17) is 4.42 Å². The van der Waals surface area contributed by atoms with Crippen LogP contribution in [-0.4, -0.2) is 28.1 Å². The molecule has 0 spiro atoms. The fourth-order valence-corrected chi connectivity index (χ4v) is 3.25. The molecule has 1 unspecified atom stereocenters. The first-order chi connectivity index (χ1) is 12.4. The van der Waals surface area contributed by atoms with Gasteiger partial charge in [0.05, 0.1) is 12.3 Å². The molecule has 1 aromatic heterocycles. The molecule has 1 aliphatic heterocycles. The van der Waals surface area contributed by atoms with Gasteiger partial charge in [-0.05, 0) is 57.0 Å². The largest absolute Gasteiger partial charge is 0.467 e. The van der Waals surface area contributed by atoms with Crippen LogP contribution >= 0.6 is 0 Å².